The molecule has 0 saturated carbocycles. The lowest BCUT2D eigenvalue weighted by Crippen LogP contribution is -2.41. The highest BCUT2D eigenvalue weighted by molar-refractivity contribution is 5.24. The Kier molecular flexibility index (Phi) is 4.99. The molecule has 0 bridgehead atoms. The zero-order valence-corrected chi connectivity index (χ0v) is 10.0. The molecule has 0 atom stereocenters. The van der Waals surface area contributed by atoms with E-state index in [9.17, 15) is 8.78 Å². The highest BCUT2D eigenvalue weighted by Crippen LogP contribution is 2.29. The minimum Gasteiger partial charge on any atom is -0.345 e. The fraction of sp³-hybridized carbons (Fsp3) is 0.500. The van der Waals surface area contributed by atoms with E-state index in [0.717, 1.165) is 12.1 Å². The van der Waals surface area contributed by atoms with E-state index >= 15 is 0 Å². The van der Waals surface area contributed by atoms with Crippen molar-refractivity contribution >= 4 is 0 Å². The van der Waals surface area contributed by atoms with Gasteiger partial charge in [-0.1, -0.05) is 0 Å². The van der Waals surface area contributed by atoms with Crippen LogP contribution in [0.4, 0.5) is 8.78 Å². The van der Waals surface area contributed by atoms with Gasteiger partial charge in [-0.05, 0) is 26.0 Å². The number of hydrogen-bond acceptors (Lipinski definition) is 3. The average molecular weight is 245 g/mol. The van der Waals surface area contributed by atoms with Crippen LogP contribution in [0, 0.1) is 11.6 Å². The predicted molar refractivity (Wildman–Crippen MR) is 60.3 cm³/mol. The molecule has 3 nitrogen and oxygen atoms in total. The zero-order chi connectivity index (χ0) is 12.9. The lowest BCUT2D eigenvalue weighted by Gasteiger charge is -2.32. The Balaban J connectivity index is 3.19. The Hall–Kier alpha value is -1.04. The van der Waals surface area contributed by atoms with E-state index in [0.29, 0.717) is 13.2 Å². The molecule has 0 aliphatic heterocycles. The summed E-state index contributed by atoms with van der Waals surface area (Å²) < 4.78 is 37.4. The van der Waals surface area contributed by atoms with Crippen molar-refractivity contribution in [2.24, 2.45) is 5.73 Å². The minimum absolute atomic E-state index is 0.0444. The second-order valence-corrected chi connectivity index (χ2v) is 3.45. The molecule has 17 heavy (non-hydrogen) atoms. The van der Waals surface area contributed by atoms with E-state index in [1.54, 1.807) is 13.8 Å². The van der Waals surface area contributed by atoms with E-state index in [4.69, 9.17) is 15.2 Å². The number of ether oxygens (including phenoxy) is 2. The van der Waals surface area contributed by atoms with Crippen molar-refractivity contribution in [3.63, 3.8) is 0 Å². The highest BCUT2D eigenvalue weighted by Gasteiger charge is 2.35. The average Bonchev–Trinajstić information content (AvgIpc) is 2.28. The van der Waals surface area contributed by atoms with Crippen molar-refractivity contribution in [1.82, 2.24) is 0 Å². The van der Waals surface area contributed by atoms with E-state index in [1.807, 2.05) is 0 Å². The van der Waals surface area contributed by atoms with E-state index in [2.05, 4.69) is 0 Å². The van der Waals surface area contributed by atoms with Crippen LogP contribution in [0.5, 0.6) is 0 Å². The first-order valence-corrected chi connectivity index (χ1v) is 5.53. The maximum atomic E-state index is 13.7. The van der Waals surface area contributed by atoms with Crippen LogP contribution < -0.4 is 5.73 Å². The highest BCUT2D eigenvalue weighted by atomic mass is 19.1. The molecule has 0 saturated heterocycles. The third kappa shape index (κ3) is 3.00. The van der Waals surface area contributed by atoms with Gasteiger partial charge in [0.05, 0.1) is 6.54 Å². The normalized spacial score (nSPS) is 11.8. The van der Waals surface area contributed by atoms with Crippen molar-refractivity contribution in [3.8, 4) is 0 Å². The van der Waals surface area contributed by atoms with Gasteiger partial charge in [0, 0.05) is 24.8 Å². The van der Waals surface area contributed by atoms with E-state index < -0.39 is 17.4 Å². The molecule has 0 spiro atoms. The summed E-state index contributed by atoms with van der Waals surface area (Å²) in [6, 6.07) is 3.24. The van der Waals surface area contributed by atoms with Crippen LogP contribution in [0.2, 0.25) is 0 Å². The van der Waals surface area contributed by atoms with Gasteiger partial charge in [0.25, 0.3) is 0 Å². The van der Waals surface area contributed by atoms with Crippen molar-refractivity contribution < 1.29 is 18.3 Å². The van der Waals surface area contributed by atoms with Gasteiger partial charge in [-0.25, -0.2) is 8.78 Å². The fourth-order valence-corrected chi connectivity index (χ4v) is 1.69. The molecule has 0 aliphatic rings. The molecule has 0 radical (unpaired) electrons. The molecular weight excluding hydrogens is 228 g/mol. The maximum absolute atomic E-state index is 13.7. The Labute approximate surface area is 99.5 Å². The van der Waals surface area contributed by atoms with Crippen LogP contribution in [-0.2, 0) is 15.3 Å². The SMILES string of the molecule is CCOC(CN)(OCC)c1ccc(F)cc1F. The first kappa shape index (κ1) is 14.0. The third-order valence-corrected chi connectivity index (χ3v) is 2.37. The summed E-state index contributed by atoms with van der Waals surface area (Å²) in [5, 5.41) is 0. The van der Waals surface area contributed by atoms with Gasteiger partial charge < -0.3 is 15.2 Å². The van der Waals surface area contributed by atoms with E-state index in [-0.39, 0.29) is 12.1 Å². The summed E-state index contributed by atoms with van der Waals surface area (Å²) in [6.07, 6.45) is 0. The summed E-state index contributed by atoms with van der Waals surface area (Å²) in [5.41, 5.74) is 5.72. The molecule has 1 rings (SSSR count). The minimum atomic E-state index is -1.35. The molecule has 0 fully saturated rings. The third-order valence-electron chi connectivity index (χ3n) is 2.37. The number of benzene rings is 1. The lowest BCUT2D eigenvalue weighted by molar-refractivity contribution is -0.236. The van der Waals surface area contributed by atoms with Gasteiger partial charge >= 0.3 is 0 Å². The number of hydrogen-bond donors (Lipinski definition) is 1. The van der Waals surface area contributed by atoms with Crippen molar-refractivity contribution in [2.75, 3.05) is 19.8 Å². The molecule has 0 unspecified atom stereocenters. The van der Waals surface area contributed by atoms with Crippen LogP contribution in [0.25, 0.3) is 0 Å². The largest absolute Gasteiger partial charge is 0.345 e. The summed E-state index contributed by atoms with van der Waals surface area (Å²) >= 11 is 0. The second kappa shape index (κ2) is 6.05. The number of nitrogens with two attached hydrogens (primary N) is 1. The van der Waals surface area contributed by atoms with Gasteiger partial charge in [-0.3, -0.25) is 0 Å². The maximum Gasteiger partial charge on any atom is 0.210 e. The Morgan fingerprint density at radius 3 is 2.18 bits per heavy atom. The molecule has 1 aromatic rings. The molecule has 0 aliphatic carbocycles. The molecule has 0 aromatic heterocycles. The predicted octanol–water partition coefficient (Wildman–Crippen LogP) is 2.15. The van der Waals surface area contributed by atoms with Gasteiger partial charge in [-0.15, -0.1) is 0 Å². The van der Waals surface area contributed by atoms with Crippen LogP contribution in [0.3, 0.4) is 0 Å². The molecule has 96 valence electrons. The van der Waals surface area contributed by atoms with Gasteiger partial charge in [0.1, 0.15) is 11.6 Å². The summed E-state index contributed by atoms with van der Waals surface area (Å²) in [5.74, 6) is -2.72. The first-order chi connectivity index (χ1) is 8.09. The van der Waals surface area contributed by atoms with Crippen LogP contribution in [-0.4, -0.2) is 19.8 Å². The molecule has 5 heteroatoms. The first-order valence-electron chi connectivity index (χ1n) is 5.53. The van der Waals surface area contributed by atoms with Gasteiger partial charge in [0.2, 0.25) is 5.79 Å². The monoisotopic (exact) mass is 245 g/mol. The molecule has 1 aromatic carbocycles. The molecular formula is C12H17F2NO2. The fourth-order valence-electron chi connectivity index (χ4n) is 1.69. The van der Waals surface area contributed by atoms with Crippen LogP contribution in [0.15, 0.2) is 18.2 Å². The Morgan fingerprint density at radius 1 is 1.18 bits per heavy atom. The summed E-state index contributed by atoms with van der Waals surface area (Å²) in [7, 11) is 0. The zero-order valence-electron chi connectivity index (χ0n) is 10.0. The second-order valence-electron chi connectivity index (χ2n) is 3.45. The molecule has 2 N–H and O–H groups in total. The van der Waals surface area contributed by atoms with Gasteiger partial charge in [-0.2, -0.15) is 0 Å². The Bertz CT molecular complexity index is 366. The quantitative estimate of drug-likeness (QED) is 0.781. The molecule has 0 heterocycles. The van der Waals surface area contributed by atoms with Gasteiger partial charge in [0.15, 0.2) is 0 Å². The summed E-state index contributed by atoms with van der Waals surface area (Å²) in [6.45, 7) is 4.09. The van der Waals surface area contributed by atoms with E-state index in [1.165, 1.54) is 6.07 Å². The van der Waals surface area contributed by atoms with Crippen LogP contribution >= 0.6 is 0 Å². The molecule has 0 amide bonds. The topological polar surface area (TPSA) is 44.5 Å². The Morgan fingerprint density at radius 2 is 1.76 bits per heavy atom. The number of rotatable bonds is 6. The smallest absolute Gasteiger partial charge is 0.210 e. The summed E-state index contributed by atoms with van der Waals surface area (Å²) in [4.78, 5) is 0. The van der Waals surface area contributed by atoms with Crippen molar-refractivity contribution in [2.45, 2.75) is 19.6 Å². The van der Waals surface area contributed by atoms with Crippen molar-refractivity contribution in [1.29, 1.82) is 0 Å². The lowest BCUT2D eigenvalue weighted by atomic mass is 10.0. The van der Waals surface area contributed by atoms with Crippen LogP contribution in [0.1, 0.15) is 19.4 Å². The number of halogens is 2. The van der Waals surface area contributed by atoms with Crippen molar-refractivity contribution in [3.05, 3.63) is 35.4 Å². The standard InChI is InChI=1S/C12H17F2NO2/c1-3-16-12(8-15,17-4-2)10-6-5-9(13)7-11(10)14/h5-7H,3-4,8,15H2,1-2H3.